The second-order valence-electron chi connectivity index (χ2n) is 7.16. The van der Waals surface area contributed by atoms with Gasteiger partial charge in [-0.3, -0.25) is 4.79 Å². The Hall–Kier alpha value is -2.05. The molecule has 0 saturated carbocycles. The molecule has 1 saturated heterocycles. The molecular formula is C17H26N2O5. The van der Waals surface area contributed by atoms with Crippen LogP contribution in [0, 0.1) is 0 Å². The lowest BCUT2D eigenvalue weighted by Gasteiger charge is -2.33. The predicted octanol–water partition coefficient (Wildman–Crippen LogP) is 1.76. The standard InChI is InChI=1S/C17H26N2O5/c1-17(2,3)24-16(22)18-12-8-6-5-7-11-9-10-13(15(21)23-4)19(11)14(12)20/h5-6,11-13H,7-10H2,1-4H3,(H,18,22)/t11-,12+,13+/m1/s1. The summed E-state index contributed by atoms with van der Waals surface area (Å²) in [6.45, 7) is 5.28. The maximum absolute atomic E-state index is 12.9. The Balaban J connectivity index is 2.15. The molecule has 7 nitrogen and oxygen atoms in total. The number of carbonyl (C=O) groups is 3. The average Bonchev–Trinajstić information content (AvgIpc) is 2.88. The highest BCUT2D eigenvalue weighted by atomic mass is 16.6. The molecule has 3 atom stereocenters. The number of hydrogen-bond donors (Lipinski definition) is 1. The Labute approximate surface area is 142 Å². The van der Waals surface area contributed by atoms with E-state index in [0.29, 0.717) is 19.3 Å². The van der Waals surface area contributed by atoms with Gasteiger partial charge >= 0.3 is 12.1 Å². The first kappa shape index (κ1) is 18.3. The van der Waals surface area contributed by atoms with Crippen molar-refractivity contribution < 1.29 is 23.9 Å². The number of ether oxygens (including phenoxy) is 2. The normalized spacial score (nSPS) is 27.1. The number of amides is 2. The summed E-state index contributed by atoms with van der Waals surface area (Å²) in [5.74, 6) is -0.672. The second kappa shape index (κ2) is 7.23. The third-order valence-electron chi connectivity index (χ3n) is 4.17. The van der Waals surface area contributed by atoms with Crippen molar-refractivity contribution in [2.24, 2.45) is 0 Å². The number of alkyl carbamates (subject to hydrolysis) is 1. The molecule has 2 aliphatic rings. The summed E-state index contributed by atoms with van der Waals surface area (Å²) in [4.78, 5) is 38.5. The van der Waals surface area contributed by atoms with Crippen LogP contribution in [0.15, 0.2) is 12.2 Å². The fourth-order valence-corrected chi connectivity index (χ4v) is 3.15. The fraction of sp³-hybridized carbons (Fsp3) is 0.706. The minimum Gasteiger partial charge on any atom is -0.467 e. The molecule has 1 N–H and O–H groups in total. The number of nitrogens with zero attached hydrogens (tertiary/aromatic N) is 1. The van der Waals surface area contributed by atoms with Crippen molar-refractivity contribution in [2.45, 2.75) is 70.2 Å². The Morgan fingerprint density at radius 3 is 2.50 bits per heavy atom. The molecule has 0 radical (unpaired) electrons. The summed E-state index contributed by atoms with van der Waals surface area (Å²) in [5, 5.41) is 2.63. The lowest BCUT2D eigenvalue weighted by atomic mass is 10.0. The van der Waals surface area contributed by atoms with Crippen molar-refractivity contribution in [3.05, 3.63) is 12.2 Å². The van der Waals surface area contributed by atoms with Crippen molar-refractivity contribution in [3.63, 3.8) is 0 Å². The summed E-state index contributed by atoms with van der Waals surface area (Å²) in [6, 6.07) is -1.37. The highest BCUT2D eigenvalue weighted by Crippen LogP contribution is 2.30. The highest BCUT2D eigenvalue weighted by molar-refractivity contribution is 5.90. The topological polar surface area (TPSA) is 84.9 Å². The van der Waals surface area contributed by atoms with E-state index in [1.807, 2.05) is 12.2 Å². The largest absolute Gasteiger partial charge is 0.467 e. The van der Waals surface area contributed by atoms with Crippen molar-refractivity contribution in [1.29, 1.82) is 0 Å². The van der Waals surface area contributed by atoms with Gasteiger partial charge in [0.2, 0.25) is 5.91 Å². The van der Waals surface area contributed by atoms with Crippen LogP contribution in [0.2, 0.25) is 0 Å². The smallest absolute Gasteiger partial charge is 0.408 e. The summed E-state index contributed by atoms with van der Waals surface area (Å²) in [6.07, 6.45) is 5.65. The van der Waals surface area contributed by atoms with Crippen LogP contribution in [-0.2, 0) is 19.1 Å². The lowest BCUT2D eigenvalue weighted by molar-refractivity contribution is -0.153. The van der Waals surface area contributed by atoms with E-state index in [4.69, 9.17) is 9.47 Å². The Morgan fingerprint density at radius 2 is 1.88 bits per heavy atom. The molecule has 2 rings (SSSR count). The molecule has 0 aromatic heterocycles. The molecule has 2 aliphatic heterocycles. The van der Waals surface area contributed by atoms with Crippen LogP contribution in [0.5, 0.6) is 0 Å². The van der Waals surface area contributed by atoms with Gasteiger partial charge in [0.1, 0.15) is 17.7 Å². The first-order valence-corrected chi connectivity index (χ1v) is 8.27. The molecule has 2 amide bonds. The zero-order valence-electron chi connectivity index (χ0n) is 14.7. The molecule has 7 heteroatoms. The van der Waals surface area contributed by atoms with E-state index < -0.39 is 29.7 Å². The SMILES string of the molecule is COC(=O)[C@@H]1CC[C@H]2CC=CC[C@H](NC(=O)OC(C)(C)C)C(=O)N21. The minimum atomic E-state index is -0.746. The maximum atomic E-state index is 12.9. The summed E-state index contributed by atoms with van der Waals surface area (Å²) >= 11 is 0. The number of hydrogen-bond acceptors (Lipinski definition) is 5. The van der Waals surface area contributed by atoms with E-state index in [2.05, 4.69) is 5.32 Å². The van der Waals surface area contributed by atoms with Crippen molar-refractivity contribution in [3.8, 4) is 0 Å². The second-order valence-corrected chi connectivity index (χ2v) is 7.16. The summed E-state index contributed by atoms with van der Waals surface area (Å²) < 4.78 is 10.1. The Kier molecular flexibility index (Phi) is 5.51. The van der Waals surface area contributed by atoms with Crippen LogP contribution in [0.1, 0.15) is 46.5 Å². The van der Waals surface area contributed by atoms with Gasteiger partial charge in [-0.15, -0.1) is 0 Å². The van der Waals surface area contributed by atoms with Crippen LogP contribution < -0.4 is 5.32 Å². The third-order valence-corrected chi connectivity index (χ3v) is 4.17. The van der Waals surface area contributed by atoms with E-state index in [0.717, 1.165) is 6.42 Å². The molecule has 0 spiro atoms. The number of rotatable bonds is 2. The van der Waals surface area contributed by atoms with E-state index in [1.54, 1.807) is 25.7 Å². The maximum Gasteiger partial charge on any atom is 0.408 e. The molecule has 0 unspecified atom stereocenters. The molecule has 0 aromatic rings. The number of carbonyl (C=O) groups excluding carboxylic acids is 3. The predicted molar refractivity (Wildman–Crippen MR) is 87.2 cm³/mol. The van der Waals surface area contributed by atoms with Gasteiger partial charge in [0, 0.05) is 6.04 Å². The van der Waals surface area contributed by atoms with Crippen molar-refractivity contribution in [2.75, 3.05) is 7.11 Å². The Bertz CT molecular complexity index is 538. The van der Waals surface area contributed by atoms with E-state index in [-0.39, 0.29) is 11.9 Å². The van der Waals surface area contributed by atoms with Gasteiger partial charge in [-0.2, -0.15) is 0 Å². The zero-order chi connectivity index (χ0) is 17.9. The van der Waals surface area contributed by atoms with Crippen LogP contribution in [0.3, 0.4) is 0 Å². The summed E-state index contributed by atoms with van der Waals surface area (Å²) in [7, 11) is 1.32. The lowest BCUT2D eigenvalue weighted by Crippen LogP contribution is -2.55. The van der Waals surface area contributed by atoms with Gasteiger partial charge in [0.25, 0.3) is 0 Å². The number of nitrogens with one attached hydrogen (secondary N) is 1. The molecule has 134 valence electrons. The highest BCUT2D eigenvalue weighted by Gasteiger charge is 2.44. The Morgan fingerprint density at radius 1 is 1.21 bits per heavy atom. The van der Waals surface area contributed by atoms with Gasteiger partial charge in [-0.05, 0) is 46.5 Å². The van der Waals surface area contributed by atoms with Crippen LogP contribution in [0.4, 0.5) is 4.79 Å². The quantitative estimate of drug-likeness (QED) is 0.612. The van der Waals surface area contributed by atoms with E-state index >= 15 is 0 Å². The molecular weight excluding hydrogens is 312 g/mol. The summed E-state index contributed by atoms with van der Waals surface area (Å²) in [5.41, 5.74) is -0.644. The van der Waals surface area contributed by atoms with E-state index in [1.165, 1.54) is 7.11 Å². The van der Waals surface area contributed by atoms with Crippen molar-refractivity contribution >= 4 is 18.0 Å². The number of esters is 1. The average molecular weight is 338 g/mol. The van der Waals surface area contributed by atoms with Gasteiger partial charge in [0.15, 0.2) is 0 Å². The third kappa shape index (κ3) is 4.27. The molecule has 0 bridgehead atoms. The zero-order valence-corrected chi connectivity index (χ0v) is 14.7. The van der Waals surface area contributed by atoms with Crippen LogP contribution in [0.25, 0.3) is 0 Å². The van der Waals surface area contributed by atoms with Gasteiger partial charge in [-0.25, -0.2) is 9.59 Å². The monoisotopic (exact) mass is 338 g/mol. The first-order valence-electron chi connectivity index (χ1n) is 8.27. The van der Waals surface area contributed by atoms with Gasteiger partial charge in [-0.1, -0.05) is 12.2 Å². The van der Waals surface area contributed by atoms with Gasteiger partial charge in [0.05, 0.1) is 7.11 Å². The molecule has 24 heavy (non-hydrogen) atoms. The number of fused-ring (bicyclic) bond motifs is 1. The van der Waals surface area contributed by atoms with Crippen molar-refractivity contribution in [1.82, 2.24) is 10.2 Å². The molecule has 1 fully saturated rings. The molecule has 0 aromatic carbocycles. The fourth-order valence-electron chi connectivity index (χ4n) is 3.15. The number of methoxy groups -OCH3 is 1. The van der Waals surface area contributed by atoms with Gasteiger partial charge < -0.3 is 19.7 Å². The first-order chi connectivity index (χ1) is 11.2. The van der Waals surface area contributed by atoms with Crippen LogP contribution in [-0.4, -0.2) is 53.7 Å². The van der Waals surface area contributed by atoms with E-state index in [9.17, 15) is 14.4 Å². The minimum absolute atomic E-state index is 0.0407. The van der Waals surface area contributed by atoms with Crippen LogP contribution >= 0.6 is 0 Å². The molecule has 0 aliphatic carbocycles. The molecule has 2 heterocycles.